The molecule has 0 aliphatic heterocycles. The minimum absolute atomic E-state index is 0.0779. The molecule has 1 heterocycles. The van der Waals surface area contributed by atoms with Crippen molar-refractivity contribution in [1.29, 1.82) is 0 Å². The van der Waals surface area contributed by atoms with Crippen molar-refractivity contribution in [2.45, 2.75) is 54.9 Å². The highest BCUT2D eigenvalue weighted by molar-refractivity contribution is 6.41. The molecule has 176 valence electrons. The molecular weight excluding hydrogens is 406 g/mol. The molecular formula is C30H39NO2. The van der Waals surface area contributed by atoms with E-state index in [0.29, 0.717) is 11.1 Å². The van der Waals surface area contributed by atoms with E-state index in [9.17, 15) is 9.90 Å². The van der Waals surface area contributed by atoms with Crippen LogP contribution in [-0.4, -0.2) is 15.9 Å². The van der Waals surface area contributed by atoms with Crippen molar-refractivity contribution in [3.63, 3.8) is 0 Å². The van der Waals surface area contributed by atoms with E-state index >= 15 is 0 Å². The van der Waals surface area contributed by atoms with Crippen LogP contribution in [0.1, 0.15) is 76.4 Å². The van der Waals surface area contributed by atoms with E-state index in [4.69, 9.17) is 0 Å². The number of benzene rings is 1. The molecule has 33 heavy (non-hydrogen) atoms. The highest BCUT2D eigenvalue weighted by atomic mass is 16.3. The summed E-state index contributed by atoms with van der Waals surface area (Å²) in [6.07, 6.45) is 12.2. The van der Waals surface area contributed by atoms with Gasteiger partial charge in [-0.2, -0.15) is 0 Å². The van der Waals surface area contributed by atoms with Gasteiger partial charge in [0, 0.05) is 34.7 Å². The number of nitrogens with zero attached hydrogens (tertiary/aromatic N) is 1. The Bertz CT molecular complexity index is 1000. The molecule has 3 nitrogen and oxygen atoms in total. The topological polar surface area (TPSA) is 50.2 Å². The van der Waals surface area contributed by atoms with Crippen LogP contribution in [0.25, 0.3) is 11.1 Å². The first-order valence-corrected chi connectivity index (χ1v) is 11.8. The van der Waals surface area contributed by atoms with Crippen LogP contribution in [0.4, 0.5) is 0 Å². The third-order valence-electron chi connectivity index (χ3n) is 4.82. The number of fused-ring (bicyclic) bond motifs is 1. The molecule has 0 atom stereocenters. The Hall–Kier alpha value is -3.20. The molecule has 0 saturated heterocycles. The zero-order valence-electron chi connectivity index (χ0n) is 21.2. The molecule has 3 heteroatoms. The number of hydrogen-bond acceptors (Lipinski definition) is 3. The maximum atomic E-state index is 13.0. The van der Waals surface area contributed by atoms with Crippen LogP contribution in [-0.2, 0) is 0 Å². The second kappa shape index (κ2) is 14.1. The number of pyridine rings is 1. The summed E-state index contributed by atoms with van der Waals surface area (Å²) < 4.78 is 0. The number of rotatable bonds is 6. The van der Waals surface area contributed by atoms with Crippen molar-refractivity contribution in [3.05, 3.63) is 95.9 Å². The largest absolute Gasteiger partial charge is 0.508 e. The Balaban J connectivity index is 0.000000520. The summed E-state index contributed by atoms with van der Waals surface area (Å²) in [6.45, 7) is 18.8. The maximum absolute atomic E-state index is 13.0. The molecule has 2 aromatic rings. The second-order valence-electron chi connectivity index (χ2n) is 8.43. The summed E-state index contributed by atoms with van der Waals surface area (Å²) in [6, 6.07) is 8.57. The van der Waals surface area contributed by atoms with Gasteiger partial charge in [-0.25, -0.2) is 0 Å². The first-order valence-electron chi connectivity index (χ1n) is 11.8. The lowest BCUT2D eigenvalue weighted by molar-refractivity contribution is 0.105. The Morgan fingerprint density at radius 1 is 1.09 bits per heavy atom. The molecule has 0 bridgehead atoms. The number of phenolic OH excluding ortho intramolecular Hbond substituents is 1. The first-order chi connectivity index (χ1) is 15.8. The quantitative estimate of drug-likeness (QED) is 0.455. The van der Waals surface area contributed by atoms with Gasteiger partial charge in [0.1, 0.15) is 5.75 Å². The zero-order valence-corrected chi connectivity index (χ0v) is 21.2. The van der Waals surface area contributed by atoms with Crippen molar-refractivity contribution in [2.24, 2.45) is 11.8 Å². The van der Waals surface area contributed by atoms with Crippen molar-refractivity contribution in [2.75, 3.05) is 0 Å². The number of phenols is 1. The van der Waals surface area contributed by atoms with Crippen LogP contribution in [0.3, 0.4) is 0 Å². The number of aromatic hydroxyl groups is 1. The number of hydrogen-bond donors (Lipinski definition) is 1. The number of carbonyl (C=O) groups is 1. The lowest BCUT2D eigenvalue weighted by Gasteiger charge is -2.09. The SMILES string of the molecule is C=C/C=C(\C=C/C)C1=C(c2cccnc2)C(=O)c2cc(O)ccc21.CC.CC(C)CC(C)C. The highest BCUT2D eigenvalue weighted by Gasteiger charge is 2.32. The van der Waals surface area contributed by atoms with Crippen LogP contribution >= 0.6 is 0 Å². The van der Waals surface area contributed by atoms with Crippen LogP contribution in [0.2, 0.25) is 0 Å². The lowest BCUT2D eigenvalue weighted by atomic mass is 9.94. The fourth-order valence-corrected chi connectivity index (χ4v) is 3.88. The van der Waals surface area contributed by atoms with Crippen molar-refractivity contribution >= 4 is 16.9 Å². The average Bonchev–Trinajstić information content (AvgIpc) is 3.07. The smallest absolute Gasteiger partial charge is 0.195 e. The van der Waals surface area contributed by atoms with E-state index in [1.165, 1.54) is 12.5 Å². The molecule has 1 aliphatic carbocycles. The molecule has 0 unspecified atom stereocenters. The summed E-state index contributed by atoms with van der Waals surface area (Å²) in [4.78, 5) is 17.1. The monoisotopic (exact) mass is 445 g/mol. The molecule has 0 fully saturated rings. The average molecular weight is 446 g/mol. The second-order valence-corrected chi connectivity index (χ2v) is 8.43. The van der Waals surface area contributed by atoms with Crippen molar-refractivity contribution in [1.82, 2.24) is 4.98 Å². The summed E-state index contributed by atoms with van der Waals surface area (Å²) >= 11 is 0. The number of ketones is 1. The molecule has 1 N–H and O–H groups in total. The predicted octanol–water partition coefficient (Wildman–Crippen LogP) is 8.30. The van der Waals surface area contributed by atoms with Gasteiger partial charge in [0.05, 0.1) is 0 Å². The van der Waals surface area contributed by atoms with E-state index < -0.39 is 0 Å². The molecule has 0 spiro atoms. The van der Waals surface area contributed by atoms with Gasteiger partial charge in [-0.1, -0.05) is 78.5 Å². The first kappa shape index (κ1) is 27.8. The van der Waals surface area contributed by atoms with Gasteiger partial charge in [0.15, 0.2) is 5.78 Å². The summed E-state index contributed by atoms with van der Waals surface area (Å²) in [7, 11) is 0. The van der Waals surface area contributed by atoms with Gasteiger partial charge < -0.3 is 5.11 Å². The Labute approximate surface area is 200 Å². The van der Waals surface area contributed by atoms with Gasteiger partial charge in [-0.3, -0.25) is 9.78 Å². The van der Waals surface area contributed by atoms with E-state index in [1.807, 2.05) is 45.1 Å². The molecule has 1 aromatic carbocycles. The Morgan fingerprint density at radius 2 is 1.76 bits per heavy atom. The molecule has 0 radical (unpaired) electrons. The summed E-state index contributed by atoms with van der Waals surface area (Å²) in [5.41, 5.74) is 4.39. The molecule has 1 aliphatic rings. The predicted molar refractivity (Wildman–Crippen MR) is 142 cm³/mol. The van der Waals surface area contributed by atoms with E-state index in [-0.39, 0.29) is 11.5 Å². The minimum Gasteiger partial charge on any atom is -0.508 e. The molecule has 0 amide bonds. The van der Waals surface area contributed by atoms with Gasteiger partial charge in [0.2, 0.25) is 0 Å². The Kier molecular flexibility index (Phi) is 11.9. The maximum Gasteiger partial charge on any atom is 0.195 e. The van der Waals surface area contributed by atoms with E-state index in [0.717, 1.165) is 34.1 Å². The number of allylic oxidation sites excluding steroid dienone is 7. The van der Waals surface area contributed by atoms with Crippen LogP contribution < -0.4 is 0 Å². The van der Waals surface area contributed by atoms with Gasteiger partial charge >= 0.3 is 0 Å². The van der Waals surface area contributed by atoms with Crippen LogP contribution in [0, 0.1) is 11.8 Å². The van der Waals surface area contributed by atoms with E-state index in [2.05, 4.69) is 39.3 Å². The van der Waals surface area contributed by atoms with Crippen LogP contribution in [0.5, 0.6) is 5.75 Å². The third kappa shape index (κ3) is 7.71. The van der Waals surface area contributed by atoms with Gasteiger partial charge in [0.25, 0.3) is 0 Å². The number of Topliss-reactive ketones (excluding diaryl/α,β-unsaturated/α-hetero) is 1. The summed E-state index contributed by atoms with van der Waals surface area (Å²) in [5.74, 6) is 1.72. The fourth-order valence-electron chi connectivity index (χ4n) is 3.88. The Morgan fingerprint density at radius 3 is 2.24 bits per heavy atom. The minimum atomic E-state index is -0.108. The lowest BCUT2D eigenvalue weighted by Crippen LogP contribution is -1.98. The standard InChI is InChI=1S/C21H17NO2.C7H16.C2H6/c1-3-6-14(7-4-2)19-17-10-9-16(23)12-18(17)21(24)20(19)15-8-5-11-22-13-15;1-6(2)5-7(3)4;1-2/h3-13,23H,1H2,2H3;6-7H,5H2,1-4H3;1-2H3/b7-4-,14-6+;;. The zero-order chi connectivity index (χ0) is 25.0. The summed E-state index contributed by atoms with van der Waals surface area (Å²) in [5, 5.41) is 9.77. The van der Waals surface area contributed by atoms with Crippen molar-refractivity contribution < 1.29 is 9.90 Å². The van der Waals surface area contributed by atoms with Crippen LogP contribution in [0.15, 0.2) is 79.2 Å². The van der Waals surface area contributed by atoms with Crippen molar-refractivity contribution in [3.8, 4) is 5.75 Å². The molecule has 0 saturated carbocycles. The fraction of sp³-hybridized carbons (Fsp3) is 0.333. The van der Waals surface area contributed by atoms with Gasteiger partial charge in [-0.15, -0.1) is 0 Å². The van der Waals surface area contributed by atoms with Gasteiger partial charge in [-0.05, 0) is 60.6 Å². The molecule has 3 rings (SSSR count). The number of carbonyl (C=O) groups excluding carboxylic acids is 1. The number of aromatic nitrogens is 1. The van der Waals surface area contributed by atoms with E-state index in [1.54, 1.807) is 36.7 Å². The normalized spacial score (nSPS) is 13.0. The highest BCUT2D eigenvalue weighted by Crippen LogP contribution is 2.43. The third-order valence-corrected chi connectivity index (χ3v) is 4.82. The molecule has 1 aromatic heterocycles.